The van der Waals surface area contributed by atoms with Crippen molar-refractivity contribution in [2.45, 2.75) is 19.6 Å². The second-order valence-electron chi connectivity index (χ2n) is 5.86. The lowest BCUT2D eigenvalue weighted by atomic mass is 10.1. The topological polar surface area (TPSA) is 89.0 Å². The number of anilines is 1. The van der Waals surface area contributed by atoms with E-state index in [1.165, 1.54) is 0 Å². The Morgan fingerprint density at radius 3 is 2.76 bits per heavy atom. The summed E-state index contributed by atoms with van der Waals surface area (Å²) in [5, 5.41) is 0. The first kappa shape index (κ1) is 17.0. The van der Waals surface area contributed by atoms with Crippen LogP contribution < -0.4 is 15.4 Å². The first-order valence-corrected chi connectivity index (χ1v) is 8.18. The maximum absolute atomic E-state index is 12.9. The summed E-state index contributed by atoms with van der Waals surface area (Å²) in [6, 6.07) is 10.8. The van der Waals surface area contributed by atoms with Crippen LogP contribution in [0.15, 0.2) is 47.1 Å². The Balaban J connectivity index is 1.76. The van der Waals surface area contributed by atoms with Crippen LogP contribution in [-0.4, -0.2) is 42.5 Å². The summed E-state index contributed by atoms with van der Waals surface area (Å²) >= 11 is 0. The first-order valence-electron chi connectivity index (χ1n) is 8.18. The number of hydrogen-bond donors (Lipinski definition) is 1. The number of furan rings is 1. The van der Waals surface area contributed by atoms with Gasteiger partial charge in [-0.25, -0.2) is 0 Å². The zero-order valence-corrected chi connectivity index (χ0v) is 14.1. The van der Waals surface area contributed by atoms with Gasteiger partial charge in [0.15, 0.2) is 6.10 Å². The average molecular weight is 343 g/mol. The van der Waals surface area contributed by atoms with E-state index in [0.717, 1.165) is 5.76 Å². The van der Waals surface area contributed by atoms with Gasteiger partial charge in [0.25, 0.3) is 5.91 Å². The molecule has 2 N–H and O–H groups in total. The molecule has 1 aliphatic heterocycles. The van der Waals surface area contributed by atoms with E-state index in [1.807, 2.05) is 30.0 Å². The third kappa shape index (κ3) is 3.83. The fraction of sp³-hybridized carbons (Fsp3) is 0.333. The second-order valence-corrected chi connectivity index (χ2v) is 5.86. The molecule has 2 aromatic rings. The summed E-state index contributed by atoms with van der Waals surface area (Å²) in [5.41, 5.74) is 6.03. The summed E-state index contributed by atoms with van der Waals surface area (Å²) in [5.74, 6) is 0.581. The molecule has 1 aromatic heterocycles. The lowest BCUT2D eigenvalue weighted by Crippen LogP contribution is -2.51. The monoisotopic (exact) mass is 343 g/mol. The van der Waals surface area contributed by atoms with Crippen LogP contribution in [0.5, 0.6) is 5.75 Å². The SMILES string of the molecule is CCN(CC(=O)N1C[C@H](C(N)=O)Oc2ccccc21)Cc1ccco1. The predicted molar refractivity (Wildman–Crippen MR) is 92.1 cm³/mol. The Hall–Kier alpha value is -2.80. The van der Waals surface area contributed by atoms with Gasteiger partial charge in [-0.2, -0.15) is 0 Å². The Morgan fingerprint density at radius 2 is 2.08 bits per heavy atom. The molecule has 1 aromatic carbocycles. The molecule has 1 aliphatic rings. The summed E-state index contributed by atoms with van der Waals surface area (Å²) < 4.78 is 10.9. The van der Waals surface area contributed by atoms with Crippen LogP contribution in [0.1, 0.15) is 12.7 Å². The van der Waals surface area contributed by atoms with Gasteiger partial charge < -0.3 is 19.8 Å². The summed E-state index contributed by atoms with van der Waals surface area (Å²) in [6.45, 7) is 3.54. The number of amides is 2. The van der Waals surface area contributed by atoms with Gasteiger partial charge >= 0.3 is 0 Å². The molecule has 2 amide bonds. The Labute approximate surface area is 145 Å². The number of nitrogens with zero attached hydrogens (tertiary/aromatic N) is 2. The highest BCUT2D eigenvalue weighted by Crippen LogP contribution is 2.33. The largest absolute Gasteiger partial charge is 0.477 e. The summed E-state index contributed by atoms with van der Waals surface area (Å²) in [4.78, 5) is 28.0. The molecule has 0 saturated heterocycles. The van der Waals surface area contributed by atoms with Crippen molar-refractivity contribution in [3.05, 3.63) is 48.4 Å². The highest BCUT2D eigenvalue weighted by Gasteiger charge is 2.33. The van der Waals surface area contributed by atoms with E-state index in [-0.39, 0.29) is 19.0 Å². The first-order chi connectivity index (χ1) is 12.1. The van der Waals surface area contributed by atoms with Gasteiger partial charge in [-0.15, -0.1) is 0 Å². The fourth-order valence-electron chi connectivity index (χ4n) is 2.80. The smallest absolute Gasteiger partial charge is 0.260 e. The minimum absolute atomic E-state index is 0.115. The molecule has 25 heavy (non-hydrogen) atoms. The van der Waals surface area contributed by atoms with Crippen LogP contribution >= 0.6 is 0 Å². The van der Waals surface area contributed by atoms with Gasteiger partial charge in [0, 0.05) is 0 Å². The van der Waals surface area contributed by atoms with E-state index < -0.39 is 12.0 Å². The molecule has 132 valence electrons. The quantitative estimate of drug-likeness (QED) is 0.856. The zero-order chi connectivity index (χ0) is 17.8. The second kappa shape index (κ2) is 7.40. The number of rotatable bonds is 6. The lowest BCUT2D eigenvalue weighted by molar-refractivity contribution is -0.125. The van der Waals surface area contributed by atoms with Crippen LogP contribution in [0.4, 0.5) is 5.69 Å². The van der Waals surface area contributed by atoms with Crippen molar-refractivity contribution < 1.29 is 18.7 Å². The number of para-hydroxylation sites is 2. The lowest BCUT2D eigenvalue weighted by Gasteiger charge is -2.34. The van der Waals surface area contributed by atoms with E-state index in [4.69, 9.17) is 14.9 Å². The number of carbonyl (C=O) groups is 2. The normalized spacial score (nSPS) is 16.4. The number of likely N-dealkylation sites (N-methyl/N-ethyl adjacent to an activating group) is 1. The molecule has 3 rings (SSSR count). The Morgan fingerprint density at radius 1 is 1.28 bits per heavy atom. The van der Waals surface area contributed by atoms with Crippen molar-refractivity contribution in [1.82, 2.24) is 4.90 Å². The number of hydrogen-bond acceptors (Lipinski definition) is 5. The van der Waals surface area contributed by atoms with E-state index in [0.29, 0.717) is 24.5 Å². The molecule has 7 nitrogen and oxygen atoms in total. The van der Waals surface area contributed by atoms with Gasteiger partial charge in [0.1, 0.15) is 11.5 Å². The predicted octanol–water partition coefficient (Wildman–Crippen LogP) is 1.38. The maximum atomic E-state index is 12.9. The molecular weight excluding hydrogens is 322 g/mol. The minimum atomic E-state index is -0.848. The number of fused-ring (bicyclic) bond motifs is 1. The molecule has 2 heterocycles. The number of carbonyl (C=O) groups excluding carboxylic acids is 2. The van der Waals surface area contributed by atoms with Crippen molar-refractivity contribution in [3.63, 3.8) is 0 Å². The van der Waals surface area contributed by atoms with E-state index in [1.54, 1.807) is 29.4 Å². The van der Waals surface area contributed by atoms with Crippen molar-refractivity contribution in [2.75, 3.05) is 24.5 Å². The van der Waals surface area contributed by atoms with Crippen LogP contribution in [0.3, 0.4) is 0 Å². The minimum Gasteiger partial charge on any atom is -0.477 e. The fourth-order valence-corrected chi connectivity index (χ4v) is 2.80. The van der Waals surface area contributed by atoms with Gasteiger partial charge in [-0.3, -0.25) is 14.5 Å². The molecule has 1 atom stereocenters. The maximum Gasteiger partial charge on any atom is 0.260 e. The third-order valence-corrected chi connectivity index (χ3v) is 4.16. The van der Waals surface area contributed by atoms with Crippen LogP contribution in [0, 0.1) is 0 Å². The average Bonchev–Trinajstić information content (AvgIpc) is 3.13. The number of ether oxygens (including phenoxy) is 1. The molecule has 0 fully saturated rings. The van der Waals surface area contributed by atoms with Gasteiger partial charge in [-0.05, 0) is 30.8 Å². The highest BCUT2D eigenvalue weighted by molar-refractivity contribution is 5.98. The van der Waals surface area contributed by atoms with Gasteiger partial charge in [0.05, 0.1) is 31.6 Å². The van der Waals surface area contributed by atoms with Crippen molar-refractivity contribution in [2.24, 2.45) is 5.73 Å². The molecule has 0 aliphatic carbocycles. The molecule has 0 saturated carbocycles. The van der Waals surface area contributed by atoms with Crippen molar-refractivity contribution in [3.8, 4) is 5.75 Å². The molecular formula is C18H21N3O4. The molecule has 7 heteroatoms. The van der Waals surface area contributed by atoms with Gasteiger partial charge in [0.2, 0.25) is 5.91 Å². The number of nitrogens with two attached hydrogens (primary N) is 1. The Bertz CT molecular complexity index is 745. The van der Waals surface area contributed by atoms with Gasteiger partial charge in [-0.1, -0.05) is 19.1 Å². The molecule has 0 bridgehead atoms. The molecule has 0 spiro atoms. The van der Waals surface area contributed by atoms with E-state index >= 15 is 0 Å². The van der Waals surface area contributed by atoms with Crippen LogP contribution in [0.2, 0.25) is 0 Å². The summed E-state index contributed by atoms with van der Waals surface area (Å²) in [6.07, 6.45) is 0.764. The van der Waals surface area contributed by atoms with E-state index in [9.17, 15) is 9.59 Å². The molecule has 0 radical (unpaired) electrons. The zero-order valence-electron chi connectivity index (χ0n) is 14.1. The van der Waals surface area contributed by atoms with Crippen LogP contribution in [-0.2, 0) is 16.1 Å². The number of benzene rings is 1. The number of primary amides is 1. The van der Waals surface area contributed by atoms with Crippen molar-refractivity contribution in [1.29, 1.82) is 0 Å². The van der Waals surface area contributed by atoms with Crippen molar-refractivity contribution >= 4 is 17.5 Å². The van der Waals surface area contributed by atoms with E-state index in [2.05, 4.69) is 0 Å². The molecule has 0 unspecified atom stereocenters. The summed E-state index contributed by atoms with van der Waals surface area (Å²) in [7, 11) is 0. The standard InChI is InChI=1S/C18H21N3O4/c1-2-20(10-13-6-5-9-24-13)12-17(22)21-11-16(18(19)23)25-15-8-4-3-7-14(15)21/h3-9,16H,2,10-12H2,1H3,(H2,19,23)/t16-/m1/s1. The Kier molecular flexibility index (Phi) is 5.04. The highest BCUT2D eigenvalue weighted by atomic mass is 16.5. The van der Waals surface area contributed by atoms with Crippen LogP contribution in [0.25, 0.3) is 0 Å². The third-order valence-electron chi connectivity index (χ3n) is 4.16.